The number of carboxylic acids is 1. The second-order valence-electron chi connectivity index (χ2n) is 12.4. The van der Waals surface area contributed by atoms with E-state index >= 15 is 0 Å². The van der Waals surface area contributed by atoms with Crippen molar-refractivity contribution in [1.82, 2.24) is 0 Å². The van der Waals surface area contributed by atoms with Crippen LogP contribution < -0.4 is 4.74 Å². The van der Waals surface area contributed by atoms with Gasteiger partial charge in [0.15, 0.2) is 6.61 Å². The quantitative estimate of drug-likeness (QED) is 0.171. The van der Waals surface area contributed by atoms with Crippen molar-refractivity contribution >= 4 is 26.2 Å². The van der Waals surface area contributed by atoms with Crippen LogP contribution in [0.4, 0.5) is 0 Å². The molecule has 0 spiro atoms. The summed E-state index contributed by atoms with van der Waals surface area (Å²) in [6.45, 7) is 0.865. The van der Waals surface area contributed by atoms with Crippen LogP contribution in [0, 0.1) is 6.92 Å². The Morgan fingerprint density at radius 1 is 0.608 bits per heavy atom. The van der Waals surface area contributed by atoms with Gasteiger partial charge in [-0.15, -0.1) is 0 Å². The highest BCUT2D eigenvalue weighted by molar-refractivity contribution is 7.86. The SMILES string of the molecule is Cc1cc2c(O)c(c1)Cc1cc(S(=O)(=O)[O-])cc(c1O)Cc1cc(-c3ccccc3)cc(c1OCC(=O)O)Cc1cc(S(=O)(=O)[O-])cc(c1O)C2. The summed E-state index contributed by atoms with van der Waals surface area (Å²) >= 11 is 0. The minimum Gasteiger partial charge on any atom is -0.744 e. The Labute approximate surface area is 293 Å². The number of benzene rings is 5. The number of aliphatic carboxylic acids is 1. The van der Waals surface area contributed by atoms with Gasteiger partial charge in [0.2, 0.25) is 0 Å². The summed E-state index contributed by atoms with van der Waals surface area (Å²) in [6, 6.07) is 19.4. The maximum absolute atomic E-state index is 12.4. The van der Waals surface area contributed by atoms with Gasteiger partial charge in [0.1, 0.15) is 43.2 Å². The van der Waals surface area contributed by atoms with Crippen molar-refractivity contribution in [2.45, 2.75) is 42.4 Å². The molecule has 51 heavy (non-hydrogen) atoms. The fraction of sp³-hybridized carbons (Fsp3) is 0.162. The summed E-state index contributed by atoms with van der Waals surface area (Å²) in [5.41, 5.74) is 2.69. The molecule has 0 saturated carbocycles. The van der Waals surface area contributed by atoms with Gasteiger partial charge in [-0.05, 0) is 99.0 Å². The van der Waals surface area contributed by atoms with Crippen molar-refractivity contribution < 1.29 is 55.9 Å². The highest BCUT2D eigenvalue weighted by Crippen LogP contribution is 2.41. The van der Waals surface area contributed by atoms with Crippen LogP contribution in [-0.4, -0.2) is 58.9 Å². The molecule has 0 atom stereocenters. The number of hydrogen-bond donors (Lipinski definition) is 4. The fourth-order valence-electron chi connectivity index (χ4n) is 6.44. The molecule has 0 fully saturated rings. The number of rotatable bonds is 6. The Balaban J connectivity index is 1.72. The lowest BCUT2D eigenvalue weighted by Gasteiger charge is -2.22. The van der Waals surface area contributed by atoms with Crippen LogP contribution in [0.1, 0.15) is 50.1 Å². The summed E-state index contributed by atoms with van der Waals surface area (Å²) in [5, 5.41) is 44.1. The van der Waals surface area contributed by atoms with Crippen LogP contribution in [-0.2, 0) is 50.7 Å². The normalized spacial score (nSPS) is 13.1. The number of carboxylic acid groups (broad SMARTS) is 1. The second-order valence-corrected chi connectivity index (χ2v) is 15.2. The van der Waals surface area contributed by atoms with E-state index in [1.165, 1.54) is 0 Å². The van der Waals surface area contributed by atoms with Crippen LogP contribution in [0.5, 0.6) is 23.0 Å². The van der Waals surface area contributed by atoms with Gasteiger partial charge in [-0.25, -0.2) is 21.6 Å². The summed E-state index contributed by atoms with van der Waals surface area (Å²) in [6.07, 6.45) is -1.09. The lowest BCUT2D eigenvalue weighted by molar-refractivity contribution is -0.139. The van der Waals surface area contributed by atoms with Gasteiger partial charge in [0.25, 0.3) is 0 Å². The Morgan fingerprint density at radius 3 is 1.35 bits per heavy atom. The molecule has 0 aliphatic heterocycles. The molecule has 4 N–H and O–H groups in total. The van der Waals surface area contributed by atoms with E-state index in [0.29, 0.717) is 16.7 Å². The summed E-state index contributed by atoms with van der Waals surface area (Å²) in [7, 11) is -10.1. The molecule has 12 nitrogen and oxygen atoms in total. The first-order valence-corrected chi connectivity index (χ1v) is 18.3. The lowest BCUT2D eigenvalue weighted by Crippen LogP contribution is -2.13. The van der Waals surface area contributed by atoms with E-state index in [2.05, 4.69) is 0 Å². The Kier molecular flexibility index (Phi) is 9.29. The van der Waals surface area contributed by atoms with Gasteiger partial charge in [0.05, 0.1) is 9.79 Å². The molecular weight excluding hydrogens is 701 g/mol. The Bertz CT molecular complexity index is 2300. The number of ether oxygens (including phenoxy) is 1. The van der Waals surface area contributed by atoms with E-state index in [1.54, 1.807) is 61.5 Å². The molecule has 0 unspecified atom stereocenters. The molecule has 5 aromatic carbocycles. The summed E-state index contributed by atoms with van der Waals surface area (Å²) in [4.78, 5) is 10.4. The Hall–Kier alpha value is -5.41. The Morgan fingerprint density at radius 2 is 0.980 bits per heavy atom. The maximum atomic E-state index is 12.4. The van der Waals surface area contributed by atoms with Crippen molar-refractivity contribution in [1.29, 1.82) is 0 Å². The van der Waals surface area contributed by atoms with Crippen LogP contribution in [0.2, 0.25) is 0 Å². The van der Waals surface area contributed by atoms with E-state index in [0.717, 1.165) is 24.3 Å². The predicted molar refractivity (Wildman–Crippen MR) is 181 cm³/mol. The third-order valence-corrected chi connectivity index (χ3v) is 10.3. The molecule has 0 aromatic heterocycles. The number of aromatic hydroxyl groups is 3. The molecule has 0 amide bonds. The molecule has 0 radical (unpaired) electrons. The standard InChI is InChI=1S/C37H32O12S2/c1-20-7-23-11-25-15-31(50(43,44)45)17-27(35(25)41)13-29-9-22(21-5-3-2-4-6-21)10-30(37(29)49-19-33(38)39)14-28-18-32(51(46,47)48)16-26(36(28)42)12-24(8-20)34(23)40/h2-10,15-18,40-42H,11-14,19H2,1H3,(H,38,39)(H,43,44,45)(H,46,47,48)/p-2. The van der Waals surface area contributed by atoms with Crippen LogP contribution in [0.15, 0.2) is 88.7 Å². The minimum atomic E-state index is -5.06. The molecule has 6 rings (SSSR count). The molecule has 8 bridgehead atoms. The van der Waals surface area contributed by atoms with Crippen molar-refractivity contribution in [3.63, 3.8) is 0 Å². The van der Waals surface area contributed by atoms with Gasteiger partial charge >= 0.3 is 5.97 Å². The van der Waals surface area contributed by atoms with Gasteiger partial charge in [-0.3, -0.25) is 0 Å². The number of carbonyl (C=O) groups is 1. The molecule has 5 aromatic rings. The average molecular weight is 731 g/mol. The van der Waals surface area contributed by atoms with Crippen molar-refractivity contribution in [2.75, 3.05) is 6.61 Å². The van der Waals surface area contributed by atoms with E-state index in [1.807, 2.05) is 0 Å². The molecule has 0 heterocycles. The maximum Gasteiger partial charge on any atom is 0.341 e. The first-order valence-electron chi connectivity index (χ1n) is 15.5. The molecule has 14 heteroatoms. The smallest absolute Gasteiger partial charge is 0.341 e. The van der Waals surface area contributed by atoms with Crippen molar-refractivity contribution in [3.05, 3.63) is 129 Å². The monoisotopic (exact) mass is 730 g/mol. The number of phenolic OH excluding ortho intramolecular Hbond substituents is 3. The minimum absolute atomic E-state index is 0.0158. The van der Waals surface area contributed by atoms with Crippen molar-refractivity contribution in [2.24, 2.45) is 0 Å². The first-order chi connectivity index (χ1) is 24.0. The highest BCUT2D eigenvalue weighted by atomic mass is 32.2. The zero-order valence-corrected chi connectivity index (χ0v) is 28.5. The third kappa shape index (κ3) is 7.54. The van der Waals surface area contributed by atoms with Crippen molar-refractivity contribution in [3.8, 4) is 34.1 Å². The second kappa shape index (κ2) is 13.4. The van der Waals surface area contributed by atoms with Gasteiger partial charge < -0.3 is 34.3 Å². The number of hydrogen-bond acceptors (Lipinski definition) is 11. The number of phenols is 3. The van der Waals surface area contributed by atoms with Crippen LogP contribution >= 0.6 is 0 Å². The van der Waals surface area contributed by atoms with E-state index in [4.69, 9.17) is 4.74 Å². The van der Waals surface area contributed by atoms with Crippen LogP contribution in [0.3, 0.4) is 0 Å². The zero-order chi connectivity index (χ0) is 36.8. The van der Waals surface area contributed by atoms with E-state index in [9.17, 15) is 51.2 Å². The van der Waals surface area contributed by atoms with Gasteiger partial charge in [0, 0.05) is 25.7 Å². The molecule has 1 aliphatic carbocycles. The fourth-order valence-corrected chi connectivity index (χ4v) is 7.59. The third-order valence-electron chi connectivity index (χ3n) is 8.69. The average Bonchev–Trinajstić information content (AvgIpc) is 3.05. The molecule has 264 valence electrons. The summed E-state index contributed by atoms with van der Waals surface area (Å²) < 4.78 is 80.0. The molecule has 1 aliphatic rings. The van der Waals surface area contributed by atoms with Gasteiger partial charge in [-0.1, -0.05) is 48.0 Å². The highest BCUT2D eigenvalue weighted by Gasteiger charge is 2.24. The van der Waals surface area contributed by atoms with E-state index in [-0.39, 0.29) is 93.2 Å². The van der Waals surface area contributed by atoms with Crippen LogP contribution in [0.25, 0.3) is 11.1 Å². The zero-order valence-electron chi connectivity index (χ0n) is 26.9. The number of fused-ring (bicyclic) bond motifs is 8. The topological polar surface area (TPSA) is 222 Å². The molecular formula is C37H30O12S2-2. The first kappa shape index (κ1) is 35.4. The predicted octanol–water partition coefficient (Wildman–Crippen LogP) is 4.73. The van der Waals surface area contributed by atoms with Gasteiger partial charge in [-0.2, -0.15) is 0 Å². The molecule has 0 saturated heterocycles. The van der Waals surface area contributed by atoms with E-state index < -0.39 is 42.6 Å². The lowest BCUT2D eigenvalue weighted by atomic mass is 9.89. The number of aryl methyl sites for hydroxylation is 1. The summed E-state index contributed by atoms with van der Waals surface area (Å²) in [5.74, 6) is -2.42. The largest absolute Gasteiger partial charge is 0.744 e.